The molecule has 0 N–H and O–H groups in total. The summed E-state index contributed by atoms with van der Waals surface area (Å²) in [6.45, 7) is 0. The molecule has 7 aromatic carbocycles. The summed E-state index contributed by atoms with van der Waals surface area (Å²) in [6.07, 6.45) is 3.69. The highest BCUT2D eigenvalue weighted by atomic mass is 14.6. The molecule has 0 saturated heterocycles. The Labute approximate surface area is 262 Å². The Balaban J connectivity index is 1.24. The van der Waals surface area contributed by atoms with Crippen LogP contribution in [-0.2, 0) is 5.41 Å². The minimum atomic E-state index is -0.380. The molecule has 0 amide bonds. The molecule has 8 aromatic rings. The maximum Gasteiger partial charge on any atom is 0.0731 e. The Hall–Kier alpha value is -5.79. The van der Waals surface area contributed by atoms with Gasteiger partial charge in [0.05, 0.1) is 5.41 Å². The van der Waals surface area contributed by atoms with E-state index >= 15 is 0 Å². The normalized spacial score (nSPS) is 13.5. The molecule has 1 aromatic heterocycles. The molecule has 1 heteroatoms. The van der Waals surface area contributed by atoms with Gasteiger partial charge in [0.1, 0.15) is 0 Å². The third-order valence-corrected chi connectivity index (χ3v) is 10.2. The maximum atomic E-state index is 4.17. The molecule has 2 aliphatic carbocycles. The zero-order valence-corrected chi connectivity index (χ0v) is 24.5. The van der Waals surface area contributed by atoms with E-state index in [1.54, 1.807) is 0 Å². The SMILES string of the molecule is c1ccc2c(c1)-c1ccccc1C21c2cc3cc(-c4ccc(-c5ccncc5)cc4)ccc3cc2-c2ccc3ccccc3c21. The van der Waals surface area contributed by atoms with E-state index in [0.717, 1.165) is 0 Å². The molecule has 45 heavy (non-hydrogen) atoms. The number of benzene rings is 7. The Morgan fingerprint density at radius 1 is 0.356 bits per heavy atom. The first-order chi connectivity index (χ1) is 22.3. The predicted octanol–water partition coefficient (Wildman–Crippen LogP) is 11.1. The van der Waals surface area contributed by atoms with Crippen molar-refractivity contribution in [2.45, 2.75) is 5.41 Å². The largest absolute Gasteiger partial charge is 0.265 e. The maximum absolute atomic E-state index is 4.17. The molecule has 1 heterocycles. The monoisotopic (exact) mass is 569 g/mol. The summed E-state index contributed by atoms with van der Waals surface area (Å²) in [5.74, 6) is 0. The zero-order valence-electron chi connectivity index (χ0n) is 24.5. The van der Waals surface area contributed by atoms with Crippen LogP contribution in [0.2, 0.25) is 0 Å². The number of rotatable bonds is 2. The van der Waals surface area contributed by atoms with Crippen molar-refractivity contribution < 1.29 is 0 Å². The number of nitrogens with zero attached hydrogens (tertiary/aromatic N) is 1. The van der Waals surface area contributed by atoms with Crippen LogP contribution in [0.4, 0.5) is 0 Å². The molecule has 10 rings (SSSR count). The second-order valence-corrected chi connectivity index (χ2v) is 12.3. The lowest BCUT2D eigenvalue weighted by Gasteiger charge is -2.31. The van der Waals surface area contributed by atoms with Crippen LogP contribution in [0.25, 0.3) is 66.1 Å². The molecule has 1 spiro atoms. The Bertz CT molecular complexity index is 2420. The summed E-state index contributed by atoms with van der Waals surface area (Å²) in [4.78, 5) is 4.17. The van der Waals surface area contributed by atoms with Gasteiger partial charge in [0.25, 0.3) is 0 Å². The van der Waals surface area contributed by atoms with Crippen LogP contribution >= 0.6 is 0 Å². The Kier molecular flexibility index (Phi) is 4.99. The highest BCUT2D eigenvalue weighted by molar-refractivity contribution is 6.06. The number of fused-ring (bicyclic) bond motifs is 13. The minimum absolute atomic E-state index is 0.380. The number of hydrogen-bond donors (Lipinski definition) is 0. The molecule has 0 fully saturated rings. The van der Waals surface area contributed by atoms with Crippen LogP contribution in [0.3, 0.4) is 0 Å². The fourth-order valence-corrected chi connectivity index (χ4v) is 8.24. The lowest BCUT2D eigenvalue weighted by atomic mass is 9.69. The average molecular weight is 570 g/mol. The second kappa shape index (κ2) is 9.11. The first-order valence-electron chi connectivity index (χ1n) is 15.6. The van der Waals surface area contributed by atoms with E-state index in [1.807, 2.05) is 12.4 Å². The summed E-state index contributed by atoms with van der Waals surface area (Å²) >= 11 is 0. The van der Waals surface area contributed by atoms with Gasteiger partial charge in [-0.1, -0.05) is 121 Å². The fraction of sp³-hybridized carbons (Fsp3) is 0.0227. The van der Waals surface area contributed by atoms with Crippen LogP contribution in [0.15, 0.2) is 164 Å². The number of aromatic nitrogens is 1. The van der Waals surface area contributed by atoms with Crippen molar-refractivity contribution in [1.29, 1.82) is 0 Å². The van der Waals surface area contributed by atoms with E-state index < -0.39 is 0 Å². The van der Waals surface area contributed by atoms with Crippen molar-refractivity contribution in [2.75, 3.05) is 0 Å². The van der Waals surface area contributed by atoms with E-state index in [-0.39, 0.29) is 5.41 Å². The van der Waals surface area contributed by atoms with Crippen molar-refractivity contribution in [3.63, 3.8) is 0 Å². The van der Waals surface area contributed by atoms with E-state index in [9.17, 15) is 0 Å². The molecule has 2 aliphatic rings. The van der Waals surface area contributed by atoms with E-state index in [1.165, 1.54) is 88.3 Å². The molecule has 0 aliphatic heterocycles. The van der Waals surface area contributed by atoms with E-state index in [0.29, 0.717) is 0 Å². The topological polar surface area (TPSA) is 12.9 Å². The predicted molar refractivity (Wildman–Crippen MR) is 186 cm³/mol. The van der Waals surface area contributed by atoms with E-state index in [2.05, 4.69) is 157 Å². The lowest BCUT2D eigenvalue weighted by molar-refractivity contribution is 0.802. The first-order valence-corrected chi connectivity index (χ1v) is 15.6. The second-order valence-electron chi connectivity index (χ2n) is 12.3. The smallest absolute Gasteiger partial charge is 0.0731 e. The highest BCUT2D eigenvalue weighted by Gasteiger charge is 2.52. The fourth-order valence-electron chi connectivity index (χ4n) is 8.24. The van der Waals surface area contributed by atoms with Gasteiger partial charge >= 0.3 is 0 Å². The summed E-state index contributed by atoms with van der Waals surface area (Å²) in [5.41, 5.74) is 15.3. The zero-order chi connectivity index (χ0) is 29.5. The first kappa shape index (κ1) is 24.6. The van der Waals surface area contributed by atoms with Gasteiger partial charge in [-0.3, -0.25) is 4.98 Å². The Morgan fingerprint density at radius 3 is 1.71 bits per heavy atom. The standard InChI is InChI=1S/C44H27N/c1-2-8-35-31(7-1)19-20-38-39-26-33-18-17-32(29-15-13-28(14-16-29)30-21-23-45-24-22-30)25-34(33)27-42(39)44(43(35)38)40-11-5-3-9-36(40)37-10-4-6-12-41(37)44/h1-27H. The molecule has 0 radical (unpaired) electrons. The van der Waals surface area contributed by atoms with Crippen molar-refractivity contribution in [3.05, 3.63) is 186 Å². The molecule has 0 saturated carbocycles. The van der Waals surface area contributed by atoms with Gasteiger partial charge in [-0.05, 0) is 119 Å². The van der Waals surface area contributed by atoms with Gasteiger partial charge in [0.15, 0.2) is 0 Å². The average Bonchev–Trinajstić information content (AvgIpc) is 3.58. The third-order valence-electron chi connectivity index (χ3n) is 10.2. The van der Waals surface area contributed by atoms with Crippen LogP contribution in [-0.4, -0.2) is 4.98 Å². The van der Waals surface area contributed by atoms with Gasteiger partial charge < -0.3 is 0 Å². The van der Waals surface area contributed by atoms with Gasteiger partial charge in [-0.15, -0.1) is 0 Å². The summed E-state index contributed by atoms with van der Waals surface area (Å²) < 4.78 is 0. The molecule has 0 bridgehead atoms. The molecule has 208 valence electrons. The van der Waals surface area contributed by atoms with Crippen molar-refractivity contribution >= 4 is 21.5 Å². The van der Waals surface area contributed by atoms with Gasteiger partial charge in [-0.2, -0.15) is 0 Å². The molecular formula is C44H27N. The summed E-state index contributed by atoms with van der Waals surface area (Å²) in [6, 6.07) is 56.6. The number of pyridine rings is 1. The van der Waals surface area contributed by atoms with Crippen LogP contribution < -0.4 is 0 Å². The van der Waals surface area contributed by atoms with Crippen LogP contribution in [0.1, 0.15) is 22.3 Å². The molecule has 0 unspecified atom stereocenters. The van der Waals surface area contributed by atoms with Gasteiger partial charge in [0.2, 0.25) is 0 Å². The van der Waals surface area contributed by atoms with Gasteiger partial charge in [0, 0.05) is 12.4 Å². The molecule has 1 nitrogen and oxygen atoms in total. The molecular weight excluding hydrogens is 542 g/mol. The van der Waals surface area contributed by atoms with E-state index in [4.69, 9.17) is 0 Å². The molecule has 0 atom stereocenters. The van der Waals surface area contributed by atoms with Crippen LogP contribution in [0, 0.1) is 0 Å². The quantitative estimate of drug-likeness (QED) is 0.202. The number of hydrogen-bond acceptors (Lipinski definition) is 1. The van der Waals surface area contributed by atoms with Crippen molar-refractivity contribution in [3.8, 4) is 44.5 Å². The minimum Gasteiger partial charge on any atom is -0.265 e. The summed E-state index contributed by atoms with van der Waals surface area (Å²) in [7, 11) is 0. The third kappa shape index (κ3) is 3.30. The van der Waals surface area contributed by atoms with Crippen molar-refractivity contribution in [1.82, 2.24) is 4.98 Å². The van der Waals surface area contributed by atoms with Crippen molar-refractivity contribution in [2.24, 2.45) is 0 Å². The Morgan fingerprint density at radius 2 is 0.956 bits per heavy atom. The summed E-state index contributed by atoms with van der Waals surface area (Å²) in [5, 5.41) is 5.15. The van der Waals surface area contributed by atoms with Crippen LogP contribution in [0.5, 0.6) is 0 Å². The highest BCUT2D eigenvalue weighted by Crippen LogP contribution is 2.64. The van der Waals surface area contributed by atoms with Gasteiger partial charge in [-0.25, -0.2) is 0 Å². The lowest BCUT2D eigenvalue weighted by Crippen LogP contribution is -2.26.